The molecule has 0 fully saturated rings. The largest absolute Gasteiger partial charge is 0.493 e. The van der Waals surface area contributed by atoms with Gasteiger partial charge in [0.15, 0.2) is 17.3 Å². The van der Waals surface area contributed by atoms with Crippen LogP contribution in [0.1, 0.15) is 15.9 Å². The summed E-state index contributed by atoms with van der Waals surface area (Å²) in [7, 11) is 2.98. The smallest absolute Gasteiger partial charge is 0.179 e. The number of anilines is 1. The number of carbonyl (C=O) groups is 1. The van der Waals surface area contributed by atoms with Crippen LogP contribution in [0.4, 0.5) is 5.82 Å². The molecule has 0 saturated carbocycles. The van der Waals surface area contributed by atoms with Gasteiger partial charge in [0.1, 0.15) is 5.82 Å². The van der Waals surface area contributed by atoms with E-state index in [1.54, 1.807) is 30.5 Å². The first-order chi connectivity index (χ1) is 10.0. The highest BCUT2D eigenvalue weighted by molar-refractivity contribution is 6.32. The average Bonchev–Trinajstić information content (AvgIpc) is 2.46. The van der Waals surface area contributed by atoms with Crippen LogP contribution in [0.25, 0.3) is 0 Å². The standard InChI is InChI=1S/C15H15ClN2O3/c1-20-13-8-10(7-11(16)15(13)21-2)12(19)5-9-3-4-18-14(17)6-9/h3-4,6-8H,5H2,1-2H3,(H2,17,18). The van der Waals surface area contributed by atoms with Gasteiger partial charge in [0.05, 0.1) is 19.2 Å². The van der Waals surface area contributed by atoms with E-state index in [-0.39, 0.29) is 12.2 Å². The molecular weight excluding hydrogens is 292 g/mol. The summed E-state index contributed by atoms with van der Waals surface area (Å²) >= 11 is 6.10. The Labute approximate surface area is 127 Å². The molecule has 2 rings (SSSR count). The summed E-state index contributed by atoms with van der Waals surface area (Å²) in [6, 6.07) is 6.59. The summed E-state index contributed by atoms with van der Waals surface area (Å²) < 4.78 is 10.3. The Morgan fingerprint density at radius 3 is 2.67 bits per heavy atom. The molecule has 0 unspecified atom stereocenters. The molecule has 0 radical (unpaired) electrons. The molecule has 5 nitrogen and oxygen atoms in total. The minimum atomic E-state index is -0.0940. The Balaban J connectivity index is 2.29. The number of ketones is 1. The first-order valence-corrected chi connectivity index (χ1v) is 6.58. The highest BCUT2D eigenvalue weighted by atomic mass is 35.5. The molecule has 6 heteroatoms. The molecule has 0 saturated heterocycles. The van der Waals surface area contributed by atoms with Crippen LogP contribution in [0.2, 0.25) is 5.02 Å². The monoisotopic (exact) mass is 306 g/mol. The number of ether oxygens (including phenoxy) is 2. The van der Waals surface area contributed by atoms with Gasteiger partial charge in [0, 0.05) is 18.2 Å². The van der Waals surface area contributed by atoms with Gasteiger partial charge in [-0.05, 0) is 29.8 Å². The Bertz CT molecular complexity index is 674. The molecule has 0 amide bonds. The van der Waals surface area contributed by atoms with Gasteiger partial charge in [-0.2, -0.15) is 0 Å². The van der Waals surface area contributed by atoms with E-state index >= 15 is 0 Å². The minimum absolute atomic E-state index is 0.0940. The van der Waals surface area contributed by atoms with E-state index in [9.17, 15) is 4.79 Å². The Morgan fingerprint density at radius 2 is 2.05 bits per heavy atom. The average molecular weight is 307 g/mol. The number of methoxy groups -OCH3 is 2. The van der Waals surface area contributed by atoms with E-state index < -0.39 is 0 Å². The number of hydrogen-bond acceptors (Lipinski definition) is 5. The molecule has 2 aromatic rings. The predicted octanol–water partition coefficient (Wildman–Crippen LogP) is 2.76. The van der Waals surface area contributed by atoms with Crippen LogP contribution >= 0.6 is 11.6 Å². The molecule has 0 bridgehead atoms. The number of nitrogen functional groups attached to an aromatic ring is 1. The molecule has 1 aromatic carbocycles. The quantitative estimate of drug-likeness (QED) is 0.860. The van der Waals surface area contributed by atoms with Crippen LogP contribution in [0.3, 0.4) is 0 Å². The number of carbonyl (C=O) groups excluding carboxylic acids is 1. The molecule has 21 heavy (non-hydrogen) atoms. The normalized spacial score (nSPS) is 10.2. The van der Waals surface area contributed by atoms with Gasteiger partial charge in [-0.15, -0.1) is 0 Å². The zero-order valence-corrected chi connectivity index (χ0v) is 12.5. The van der Waals surface area contributed by atoms with Crippen molar-refractivity contribution in [1.82, 2.24) is 4.98 Å². The lowest BCUT2D eigenvalue weighted by Crippen LogP contribution is -2.05. The molecule has 0 spiro atoms. The fourth-order valence-electron chi connectivity index (χ4n) is 1.97. The topological polar surface area (TPSA) is 74.4 Å². The number of pyridine rings is 1. The van der Waals surface area contributed by atoms with E-state index in [0.717, 1.165) is 5.56 Å². The van der Waals surface area contributed by atoms with Gasteiger partial charge < -0.3 is 15.2 Å². The number of nitrogens with zero attached hydrogens (tertiary/aromatic N) is 1. The Hall–Kier alpha value is -2.27. The van der Waals surface area contributed by atoms with Crippen molar-refractivity contribution < 1.29 is 14.3 Å². The van der Waals surface area contributed by atoms with E-state index in [0.29, 0.717) is 27.9 Å². The second-order valence-electron chi connectivity index (χ2n) is 4.38. The number of aromatic nitrogens is 1. The van der Waals surface area contributed by atoms with Crippen molar-refractivity contribution in [3.05, 3.63) is 46.6 Å². The van der Waals surface area contributed by atoms with Gasteiger partial charge in [-0.25, -0.2) is 4.98 Å². The first-order valence-electron chi connectivity index (χ1n) is 6.20. The van der Waals surface area contributed by atoms with Crippen LogP contribution in [0.15, 0.2) is 30.5 Å². The van der Waals surface area contributed by atoms with E-state index in [4.69, 9.17) is 26.8 Å². The summed E-state index contributed by atoms with van der Waals surface area (Å²) in [5, 5.41) is 0.328. The maximum Gasteiger partial charge on any atom is 0.179 e. The number of rotatable bonds is 5. The molecular formula is C15H15ClN2O3. The number of Topliss-reactive ketones (excluding diaryl/α,β-unsaturated/α-hetero) is 1. The van der Waals surface area contributed by atoms with Crippen molar-refractivity contribution in [3.8, 4) is 11.5 Å². The molecule has 0 aliphatic carbocycles. The van der Waals surface area contributed by atoms with Crippen molar-refractivity contribution in [2.24, 2.45) is 0 Å². The SMILES string of the molecule is COc1cc(C(=O)Cc2ccnc(N)c2)cc(Cl)c1OC. The Kier molecular flexibility index (Phi) is 4.65. The highest BCUT2D eigenvalue weighted by Gasteiger charge is 2.15. The number of nitrogens with two attached hydrogens (primary N) is 1. The summed E-state index contributed by atoms with van der Waals surface area (Å²) in [6.07, 6.45) is 1.78. The lowest BCUT2D eigenvalue weighted by molar-refractivity contribution is 0.0992. The van der Waals surface area contributed by atoms with Gasteiger partial charge in [-0.1, -0.05) is 11.6 Å². The summed E-state index contributed by atoms with van der Waals surface area (Å²) in [5.74, 6) is 1.11. The number of hydrogen-bond donors (Lipinski definition) is 1. The van der Waals surface area contributed by atoms with Crippen LogP contribution in [0, 0.1) is 0 Å². The molecule has 0 aliphatic rings. The molecule has 2 N–H and O–H groups in total. The maximum absolute atomic E-state index is 12.3. The number of benzene rings is 1. The summed E-state index contributed by atoms with van der Waals surface area (Å²) in [6.45, 7) is 0. The first kappa shape index (κ1) is 15.1. The van der Waals surface area contributed by atoms with Gasteiger partial charge in [0.25, 0.3) is 0 Å². The lowest BCUT2D eigenvalue weighted by atomic mass is 10.0. The molecule has 0 atom stereocenters. The fraction of sp³-hybridized carbons (Fsp3) is 0.200. The third kappa shape index (κ3) is 3.44. The van der Waals surface area contributed by atoms with Crippen molar-refractivity contribution in [3.63, 3.8) is 0 Å². The number of halogens is 1. The van der Waals surface area contributed by atoms with Gasteiger partial charge in [0.2, 0.25) is 0 Å². The fourth-order valence-corrected chi connectivity index (χ4v) is 2.26. The van der Waals surface area contributed by atoms with Gasteiger partial charge >= 0.3 is 0 Å². The molecule has 1 aromatic heterocycles. The van der Waals surface area contributed by atoms with Crippen molar-refractivity contribution in [1.29, 1.82) is 0 Å². The molecule has 0 aliphatic heterocycles. The Morgan fingerprint density at radius 1 is 1.29 bits per heavy atom. The molecule has 110 valence electrons. The minimum Gasteiger partial charge on any atom is -0.493 e. The molecule has 1 heterocycles. The van der Waals surface area contributed by atoms with Crippen molar-refractivity contribution in [2.75, 3.05) is 20.0 Å². The van der Waals surface area contributed by atoms with Crippen LogP contribution in [-0.4, -0.2) is 25.0 Å². The predicted molar refractivity (Wildman–Crippen MR) is 81.2 cm³/mol. The zero-order valence-electron chi connectivity index (χ0n) is 11.7. The maximum atomic E-state index is 12.3. The van der Waals surface area contributed by atoms with Crippen molar-refractivity contribution >= 4 is 23.2 Å². The second-order valence-corrected chi connectivity index (χ2v) is 4.79. The van der Waals surface area contributed by atoms with E-state index in [1.165, 1.54) is 14.2 Å². The van der Waals surface area contributed by atoms with Crippen molar-refractivity contribution in [2.45, 2.75) is 6.42 Å². The zero-order chi connectivity index (χ0) is 15.4. The highest BCUT2D eigenvalue weighted by Crippen LogP contribution is 2.36. The third-order valence-electron chi connectivity index (χ3n) is 2.97. The second kappa shape index (κ2) is 6.45. The van der Waals surface area contributed by atoms with Gasteiger partial charge in [-0.3, -0.25) is 4.79 Å². The lowest BCUT2D eigenvalue weighted by Gasteiger charge is -2.11. The van der Waals surface area contributed by atoms with Crippen LogP contribution in [0.5, 0.6) is 11.5 Å². The summed E-state index contributed by atoms with van der Waals surface area (Å²) in [5.41, 5.74) is 6.84. The van der Waals surface area contributed by atoms with E-state index in [1.807, 2.05) is 0 Å². The summed E-state index contributed by atoms with van der Waals surface area (Å²) in [4.78, 5) is 16.2. The van der Waals surface area contributed by atoms with E-state index in [2.05, 4.69) is 4.98 Å². The van der Waals surface area contributed by atoms with Crippen LogP contribution in [-0.2, 0) is 6.42 Å². The van der Waals surface area contributed by atoms with Crippen LogP contribution < -0.4 is 15.2 Å². The third-order valence-corrected chi connectivity index (χ3v) is 3.25.